The molecular weight excluding hydrogens is 258 g/mol. The molecule has 1 aromatic rings. The quantitative estimate of drug-likeness (QED) is 0.920. The van der Waals surface area contributed by atoms with Gasteiger partial charge in [0, 0.05) is 38.3 Å². The summed E-state index contributed by atoms with van der Waals surface area (Å²) in [5.41, 5.74) is 1.44. The van der Waals surface area contributed by atoms with E-state index in [0.29, 0.717) is 6.04 Å². The van der Waals surface area contributed by atoms with Crippen LogP contribution in [0.25, 0.3) is 0 Å². The van der Waals surface area contributed by atoms with Gasteiger partial charge in [-0.25, -0.2) is 0 Å². The minimum atomic E-state index is 0.668. The van der Waals surface area contributed by atoms with Crippen LogP contribution >= 0.6 is 0 Å². The maximum Gasteiger partial charge on any atom is 0.0234 e. The first-order chi connectivity index (χ1) is 10.3. The summed E-state index contributed by atoms with van der Waals surface area (Å²) in [6.07, 6.45) is 4.01. The Labute approximate surface area is 129 Å². The lowest BCUT2D eigenvalue weighted by atomic mass is 10.0. The van der Waals surface area contributed by atoms with Gasteiger partial charge >= 0.3 is 0 Å². The van der Waals surface area contributed by atoms with Crippen molar-refractivity contribution >= 4 is 0 Å². The molecule has 0 aliphatic carbocycles. The molecular formula is C18H29N3. The summed E-state index contributed by atoms with van der Waals surface area (Å²) in [7, 11) is 0. The fraction of sp³-hybridized carbons (Fsp3) is 0.667. The summed E-state index contributed by atoms with van der Waals surface area (Å²) in [6.45, 7) is 9.60. The first-order valence-corrected chi connectivity index (χ1v) is 8.55. The molecule has 116 valence electrons. The maximum atomic E-state index is 3.57. The first-order valence-electron chi connectivity index (χ1n) is 8.55. The lowest BCUT2D eigenvalue weighted by Crippen LogP contribution is -2.51. The summed E-state index contributed by atoms with van der Waals surface area (Å²) < 4.78 is 0. The van der Waals surface area contributed by atoms with Gasteiger partial charge in [-0.1, -0.05) is 30.3 Å². The van der Waals surface area contributed by atoms with Gasteiger partial charge in [-0.3, -0.25) is 9.80 Å². The zero-order valence-electron chi connectivity index (χ0n) is 13.3. The number of rotatable bonds is 3. The van der Waals surface area contributed by atoms with Gasteiger partial charge in [-0.05, 0) is 44.8 Å². The molecule has 0 saturated carbocycles. The lowest BCUT2D eigenvalue weighted by molar-refractivity contribution is 0.117. The standard InChI is InChI=1S/C18H29N3/c1-16-14-20(15-17-7-3-2-4-8-17)11-6-12-21(16)18-9-5-10-19-13-18/h2-4,7-8,16,18-19H,5-6,9-15H2,1H3. The molecule has 0 bridgehead atoms. The van der Waals surface area contributed by atoms with Crippen LogP contribution in [0.15, 0.2) is 30.3 Å². The van der Waals surface area contributed by atoms with Gasteiger partial charge in [0.05, 0.1) is 0 Å². The first kappa shape index (κ1) is 15.0. The van der Waals surface area contributed by atoms with Crippen LogP contribution in [0.4, 0.5) is 0 Å². The predicted octanol–water partition coefficient (Wildman–Crippen LogP) is 2.33. The summed E-state index contributed by atoms with van der Waals surface area (Å²) in [5, 5.41) is 3.57. The van der Waals surface area contributed by atoms with E-state index in [0.717, 1.165) is 12.6 Å². The van der Waals surface area contributed by atoms with Gasteiger partial charge in [0.25, 0.3) is 0 Å². The highest BCUT2D eigenvalue weighted by Gasteiger charge is 2.28. The molecule has 2 saturated heterocycles. The highest BCUT2D eigenvalue weighted by atomic mass is 15.3. The predicted molar refractivity (Wildman–Crippen MR) is 88.4 cm³/mol. The van der Waals surface area contributed by atoms with E-state index in [2.05, 4.69) is 52.4 Å². The van der Waals surface area contributed by atoms with Crippen molar-refractivity contribution in [1.82, 2.24) is 15.1 Å². The van der Waals surface area contributed by atoms with Crippen molar-refractivity contribution in [2.75, 3.05) is 32.7 Å². The lowest BCUT2D eigenvalue weighted by Gasteiger charge is -2.38. The number of benzene rings is 1. The molecule has 21 heavy (non-hydrogen) atoms. The molecule has 0 aromatic heterocycles. The number of hydrogen-bond acceptors (Lipinski definition) is 3. The Morgan fingerprint density at radius 2 is 2.00 bits per heavy atom. The summed E-state index contributed by atoms with van der Waals surface area (Å²) in [6, 6.07) is 12.3. The fourth-order valence-electron chi connectivity index (χ4n) is 3.91. The molecule has 3 heteroatoms. The molecule has 0 spiro atoms. The molecule has 2 aliphatic rings. The number of piperidine rings is 1. The second-order valence-electron chi connectivity index (χ2n) is 6.66. The van der Waals surface area contributed by atoms with E-state index in [1.54, 1.807) is 0 Å². The molecule has 0 amide bonds. The second kappa shape index (κ2) is 7.39. The van der Waals surface area contributed by atoms with Gasteiger partial charge < -0.3 is 5.32 Å². The molecule has 3 rings (SSSR count). The van der Waals surface area contributed by atoms with Crippen molar-refractivity contribution in [2.45, 2.75) is 44.8 Å². The largest absolute Gasteiger partial charge is 0.315 e. The van der Waals surface area contributed by atoms with Crippen LogP contribution < -0.4 is 5.32 Å². The molecule has 0 radical (unpaired) electrons. The summed E-state index contributed by atoms with van der Waals surface area (Å²) in [4.78, 5) is 5.40. The zero-order valence-corrected chi connectivity index (χ0v) is 13.3. The average molecular weight is 287 g/mol. The van der Waals surface area contributed by atoms with Crippen molar-refractivity contribution in [3.8, 4) is 0 Å². The van der Waals surface area contributed by atoms with Crippen molar-refractivity contribution in [2.24, 2.45) is 0 Å². The SMILES string of the molecule is CC1CN(Cc2ccccc2)CCCN1C1CCCNC1. The van der Waals surface area contributed by atoms with Crippen molar-refractivity contribution in [3.05, 3.63) is 35.9 Å². The van der Waals surface area contributed by atoms with Crippen LogP contribution in [0.2, 0.25) is 0 Å². The Hall–Kier alpha value is -0.900. The Bertz CT molecular complexity index is 414. The molecule has 2 fully saturated rings. The Kier molecular flexibility index (Phi) is 5.28. The van der Waals surface area contributed by atoms with Crippen LogP contribution in [0.5, 0.6) is 0 Å². The minimum absolute atomic E-state index is 0.668. The van der Waals surface area contributed by atoms with Gasteiger partial charge in [0.1, 0.15) is 0 Å². The molecule has 2 heterocycles. The molecule has 1 N–H and O–H groups in total. The van der Waals surface area contributed by atoms with Crippen LogP contribution in [0.3, 0.4) is 0 Å². The minimum Gasteiger partial charge on any atom is -0.315 e. The van der Waals surface area contributed by atoms with Crippen molar-refractivity contribution in [3.63, 3.8) is 0 Å². The smallest absolute Gasteiger partial charge is 0.0234 e. The summed E-state index contributed by atoms with van der Waals surface area (Å²) in [5.74, 6) is 0. The highest BCUT2D eigenvalue weighted by Crippen LogP contribution is 2.19. The Morgan fingerprint density at radius 3 is 2.76 bits per heavy atom. The number of nitrogens with zero attached hydrogens (tertiary/aromatic N) is 2. The van der Waals surface area contributed by atoms with E-state index >= 15 is 0 Å². The van der Waals surface area contributed by atoms with Gasteiger partial charge in [-0.2, -0.15) is 0 Å². The monoisotopic (exact) mass is 287 g/mol. The number of nitrogens with one attached hydrogen (secondary N) is 1. The zero-order chi connectivity index (χ0) is 14.5. The molecule has 3 nitrogen and oxygen atoms in total. The molecule has 1 aromatic carbocycles. The second-order valence-corrected chi connectivity index (χ2v) is 6.66. The van der Waals surface area contributed by atoms with Gasteiger partial charge in [-0.15, -0.1) is 0 Å². The van der Waals surface area contributed by atoms with Crippen LogP contribution in [-0.2, 0) is 6.54 Å². The van der Waals surface area contributed by atoms with Crippen molar-refractivity contribution in [1.29, 1.82) is 0 Å². The third-order valence-corrected chi connectivity index (χ3v) is 4.97. The van der Waals surface area contributed by atoms with E-state index in [-0.39, 0.29) is 0 Å². The topological polar surface area (TPSA) is 18.5 Å². The van der Waals surface area contributed by atoms with E-state index in [4.69, 9.17) is 0 Å². The summed E-state index contributed by atoms with van der Waals surface area (Å²) >= 11 is 0. The highest BCUT2D eigenvalue weighted by molar-refractivity contribution is 5.14. The maximum absolute atomic E-state index is 3.57. The number of hydrogen-bond donors (Lipinski definition) is 1. The third kappa shape index (κ3) is 4.06. The van der Waals surface area contributed by atoms with Crippen LogP contribution in [-0.4, -0.2) is 54.6 Å². The molecule has 2 unspecified atom stereocenters. The van der Waals surface area contributed by atoms with Gasteiger partial charge in [0.2, 0.25) is 0 Å². The average Bonchev–Trinajstić information content (AvgIpc) is 2.70. The normalized spacial score (nSPS) is 29.2. The Balaban J connectivity index is 1.58. The third-order valence-electron chi connectivity index (χ3n) is 4.97. The van der Waals surface area contributed by atoms with E-state index in [1.165, 1.54) is 57.5 Å². The van der Waals surface area contributed by atoms with Crippen LogP contribution in [0, 0.1) is 0 Å². The van der Waals surface area contributed by atoms with E-state index < -0.39 is 0 Å². The van der Waals surface area contributed by atoms with Crippen molar-refractivity contribution < 1.29 is 0 Å². The van der Waals surface area contributed by atoms with Crippen LogP contribution in [0.1, 0.15) is 31.7 Å². The Morgan fingerprint density at radius 1 is 1.14 bits per heavy atom. The molecule has 2 atom stereocenters. The van der Waals surface area contributed by atoms with Gasteiger partial charge in [0.15, 0.2) is 0 Å². The fourth-order valence-corrected chi connectivity index (χ4v) is 3.91. The molecule has 2 aliphatic heterocycles. The van der Waals surface area contributed by atoms with E-state index in [9.17, 15) is 0 Å². The van der Waals surface area contributed by atoms with E-state index in [1.807, 2.05) is 0 Å².